The van der Waals surface area contributed by atoms with Crippen LogP contribution in [0.3, 0.4) is 0 Å². The van der Waals surface area contributed by atoms with E-state index >= 15 is 0 Å². The summed E-state index contributed by atoms with van der Waals surface area (Å²) in [6, 6.07) is 18.2. The predicted octanol–water partition coefficient (Wildman–Crippen LogP) is 2.54. The maximum absolute atomic E-state index is 10.0. The third-order valence-corrected chi connectivity index (χ3v) is 2.17. The van der Waals surface area contributed by atoms with Gasteiger partial charge in [-0.3, -0.25) is 19.2 Å². The lowest BCUT2D eigenvalue weighted by Gasteiger charge is -1.81. The van der Waals surface area contributed by atoms with E-state index in [4.69, 9.17) is 10.2 Å². The number of carboxylic acid groups (broad SMARTS) is 2. The number of benzene rings is 2. The highest BCUT2D eigenvalue weighted by Gasteiger charge is 2.01. The predicted molar refractivity (Wildman–Crippen MR) is 83.5 cm³/mol. The van der Waals surface area contributed by atoms with Crippen LogP contribution >= 0.6 is 0 Å². The number of carbonyl (C=O) groups is 4. The summed E-state index contributed by atoms with van der Waals surface area (Å²) >= 11 is 0. The molecule has 120 valence electrons. The van der Waals surface area contributed by atoms with Gasteiger partial charge in [0.05, 0.1) is 0 Å². The molecule has 6 heteroatoms. The van der Waals surface area contributed by atoms with Crippen LogP contribution in [0.15, 0.2) is 60.7 Å². The van der Waals surface area contributed by atoms with Crippen LogP contribution in [0.4, 0.5) is 0 Å². The van der Waals surface area contributed by atoms with Gasteiger partial charge in [-0.15, -0.1) is 0 Å². The Morgan fingerprint density at radius 1 is 0.696 bits per heavy atom. The lowest BCUT2D eigenvalue weighted by Crippen LogP contribution is -2.03. The Hall–Kier alpha value is -3.28. The lowest BCUT2D eigenvalue weighted by molar-refractivity contribution is -0.147. The Morgan fingerprint density at radius 2 is 1.00 bits per heavy atom. The highest BCUT2D eigenvalue weighted by Crippen LogP contribution is 1.92. The van der Waals surface area contributed by atoms with Gasteiger partial charge in [-0.25, -0.2) is 0 Å². The molecule has 23 heavy (non-hydrogen) atoms. The first kappa shape index (κ1) is 19.7. The average Bonchev–Trinajstić information content (AvgIpc) is 2.56. The molecule has 0 unspecified atom stereocenters. The largest absolute Gasteiger partial charge is 0.481 e. The molecule has 0 aliphatic heterocycles. The average molecular weight is 316 g/mol. The Morgan fingerprint density at radius 3 is 1.13 bits per heavy atom. The highest BCUT2D eigenvalue weighted by molar-refractivity contribution is 5.88. The van der Waals surface area contributed by atoms with Gasteiger partial charge < -0.3 is 10.2 Å². The van der Waals surface area contributed by atoms with E-state index in [1.807, 2.05) is 36.4 Å². The molecular formula is C17H16O6. The highest BCUT2D eigenvalue weighted by atomic mass is 16.4. The summed E-state index contributed by atoms with van der Waals surface area (Å²) in [4.78, 5) is 38.9. The molecule has 6 nitrogen and oxygen atoms in total. The SMILES string of the molecule is O=C(O)CC(=O)O.O=Cc1ccccc1.O=Cc1ccccc1. The minimum Gasteiger partial charge on any atom is -0.481 e. The van der Waals surface area contributed by atoms with Crippen molar-refractivity contribution < 1.29 is 29.4 Å². The van der Waals surface area contributed by atoms with Crippen molar-refractivity contribution in [3.63, 3.8) is 0 Å². The second kappa shape index (κ2) is 12.5. The van der Waals surface area contributed by atoms with Crippen LogP contribution in [0.1, 0.15) is 27.1 Å². The van der Waals surface area contributed by atoms with Crippen LogP contribution in [0.2, 0.25) is 0 Å². The topological polar surface area (TPSA) is 109 Å². The Bertz CT molecular complexity index is 552. The zero-order valence-electron chi connectivity index (χ0n) is 12.2. The molecule has 2 aromatic carbocycles. The first-order valence-electron chi connectivity index (χ1n) is 6.43. The molecule has 2 aromatic rings. The van der Waals surface area contributed by atoms with Crippen molar-refractivity contribution >= 4 is 24.5 Å². The lowest BCUT2D eigenvalue weighted by atomic mass is 10.2. The van der Waals surface area contributed by atoms with Gasteiger partial charge in [0, 0.05) is 11.1 Å². The Kier molecular flexibility index (Phi) is 10.7. The molecular weight excluding hydrogens is 300 g/mol. The summed E-state index contributed by atoms with van der Waals surface area (Å²) in [5.41, 5.74) is 1.46. The molecule has 0 bridgehead atoms. The van der Waals surface area contributed by atoms with Gasteiger partial charge in [0.1, 0.15) is 19.0 Å². The monoisotopic (exact) mass is 316 g/mol. The van der Waals surface area contributed by atoms with E-state index in [1.165, 1.54) is 0 Å². The summed E-state index contributed by atoms with van der Waals surface area (Å²) in [5.74, 6) is -2.62. The molecule has 0 spiro atoms. The molecule has 0 atom stereocenters. The van der Waals surface area contributed by atoms with E-state index in [0.717, 1.165) is 23.7 Å². The first-order chi connectivity index (χ1) is 11.0. The van der Waals surface area contributed by atoms with Crippen LogP contribution in [-0.4, -0.2) is 34.7 Å². The molecule has 0 heterocycles. The molecule has 0 radical (unpaired) electrons. The van der Waals surface area contributed by atoms with Crippen molar-refractivity contribution in [1.29, 1.82) is 0 Å². The Balaban J connectivity index is 0.000000317. The normalized spacial score (nSPS) is 8.35. The number of carboxylic acids is 2. The maximum atomic E-state index is 10.0. The number of hydrogen-bond acceptors (Lipinski definition) is 4. The van der Waals surface area contributed by atoms with Gasteiger partial charge >= 0.3 is 11.9 Å². The van der Waals surface area contributed by atoms with Gasteiger partial charge in [0.15, 0.2) is 0 Å². The molecule has 0 amide bonds. The third-order valence-electron chi connectivity index (χ3n) is 2.17. The van der Waals surface area contributed by atoms with Gasteiger partial charge in [0.2, 0.25) is 0 Å². The van der Waals surface area contributed by atoms with Crippen molar-refractivity contribution in [2.75, 3.05) is 0 Å². The minimum absolute atomic E-state index is 0.729. The van der Waals surface area contributed by atoms with Gasteiger partial charge in [-0.05, 0) is 0 Å². The van der Waals surface area contributed by atoms with Crippen molar-refractivity contribution in [3.8, 4) is 0 Å². The van der Waals surface area contributed by atoms with Crippen LogP contribution in [-0.2, 0) is 9.59 Å². The number of carbonyl (C=O) groups excluding carboxylic acids is 2. The fourth-order valence-corrected chi connectivity index (χ4v) is 1.19. The van der Waals surface area contributed by atoms with E-state index in [0.29, 0.717) is 0 Å². The molecule has 2 N–H and O–H groups in total. The summed E-state index contributed by atoms with van der Waals surface area (Å²) in [6.45, 7) is 0. The number of aldehydes is 2. The number of rotatable bonds is 4. The molecule has 0 aromatic heterocycles. The van der Waals surface area contributed by atoms with Gasteiger partial charge in [-0.2, -0.15) is 0 Å². The fraction of sp³-hybridized carbons (Fsp3) is 0.0588. The van der Waals surface area contributed by atoms with Gasteiger partial charge in [-0.1, -0.05) is 60.7 Å². The minimum atomic E-state index is -1.31. The molecule has 0 saturated heterocycles. The van der Waals surface area contributed by atoms with Crippen molar-refractivity contribution in [2.45, 2.75) is 6.42 Å². The molecule has 0 fully saturated rings. The number of aliphatic carboxylic acids is 2. The van der Waals surface area contributed by atoms with Crippen LogP contribution in [0.25, 0.3) is 0 Å². The molecule has 2 rings (SSSR count). The standard InChI is InChI=1S/2C7H6O.C3H4O4/c2*8-6-7-4-2-1-3-5-7;4-2(5)1-3(6)7/h2*1-6H;1H2,(H,4,5)(H,6,7). The van der Waals surface area contributed by atoms with E-state index in [1.54, 1.807) is 24.3 Å². The number of hydrogen-bond donors (Lipinski definition) is 2. The second-order valence-corrected chi connectivity index (χ2v) is 4.02. The zero-order chi connectivity index (χ0) is 17.5. The maximum Gasteiger partial charge on any atom is 0.314 e. The van der Waals surface area contributed by atoms with Crippen LogP contribution < -0.4 is 0 Å². The third kappa shape index (κ3) is 12.2. The molecule has 0 saturated carbocycles. The van der Waals surface area contributed by atoms with E-state index in [2.05, 4.69) is 0 Å². The summed E-state index contributed by atoms with van der Waals surface area (Å²) in [6.07, 6.45) is 0.861. The smallest absolute Gasteiger partial charge is 0.314 e. The zero-order valence-corrected chi connectivity index (χ0v) is 12.2. The van der Waals surface area contributed by atoms with Crippen LogP contribution in [0.5, 0.6) is 0 Å². The second-order valence-electron chi connectivity index (χ2n) is 4.02. The van der Waals surface area contributed by atoms with Crippen molar-refractivity contribution in [3.05, 3.63) is 71.8 Å². The quantitative estimate of drug-likeness (QED) is 0.662. The molecule has 0 aliphatic rings. The summed E-state index contributed by atoms with van der Waals surface area (Å²) in [7, 11) is 0. The van der Waals surface area contributed by atoms with E-state index in [9.17, 15) is 19.2 Å². The van der Waals surface area contributed by atoms with E-state index < -0.39 is 18.4 Å². The van der Waals surface area contributed by atoms with Crippen molar-refractivity contribution in [1.82, 2.24) is 0 Å². The fourth-order valence-electron chi connectivity index (χ4n) is 1.19. The summed E-state index contributed by atoms with van der Waals surface area (Å²) < 4.78 is 0. The summed E-state index contributed by atoms with van der Waals surface area (Å²) in [5, 5.41) is 15.4. The van der Waals surface area contributed by atoms with Crippen molar-refractivity contribution in [2.24, 2.45) is 0 Å². The van der Waals surface area contributed by atoms with Gasteiger partial charge in [0.25, 0.3) is 0 Å². The van der Waals surface area contributed by atoms with E-state index in [-0.39, 0.29) is 0 Å². The first-order valence-corrected chi connectivity index (χ1v) is 6.43. The molecule has 0 aliphatic carbocycles. The Labute approximate surface area is 133 Å². The van der Waals surface area contributed by atoms with Crippen LogP contribution in [0, 0.1) is 0 Å².